The van der Waals surface area contributed by atoms with Gasteiger partial charge in [-0.2, -0.15) is 0 Å². The number of amides is 2. The van der Waals surface area contributed by atoms with Gasteiger partial charge in [-0.1, -0.05) is 78.3 Å². The highest BCUT2D eigenvalue weighted by Gasteiger charge is 2.32. The Kier molecular flexibility index (Phi) is 8.79. The van der Waals surface area contributed by atoms with E-state index in [9.17, 15) is 19.5 Å². The number of halogens is 1. The van der Waals surface area contributed by atoms with E-state index in [1.807, 2.05) is 0 Å². The summed E-state index contributed by atoms with van der Waals surface area (Å²) in [5, 5.41) is 16.6. The van der Waals surface area contributed by atoms with E-state index in [1.54, 1.807) is 84.9 Å². The number of nitrogens with one attached hydrogen (secondary N) is 2. The molecule has 0 bridgehead atoms. The maximum absolute atomic E-state index is 13.0. The topological polar surface area (TPSA) is 105 Å². The fourth-order valence-electron chi connectivity index (χ4n) is 3.45. The molecule has 3 rings (SSSR count). The van der Waals surface area contributed by atoms with E-state index in [0.29, 0.717) is 21.7 Å². The molecule has 34 heavy (non-hydrogen) atoms. The van der Waals surface area contributed by atoms with Gasteiger partial charge in [-0.25, -0.2) is 4.79 Å². The Balaban J connectivity index is 1.81. The molecule has 0 aromatic heterocycles. The number of esters is 1. The van der Waals surface area contributed by atoms with Gasteiger partial charge in [0, 0.05) is 17.0 Å². The molecule has 0 aliphatic rings. The van der Waals surface area contributed by atoms with Crippen molar-refractivity contribution in [2.24, 2.45) is 0 Å². The number of hydrogen-bond acceptors (Lipinski definition) is 5. The standard InChI is InChI=1S/C26H25ClN2O5/c1-34-26(33)21(16-19-14-8-9-15-20(19)27)28-25(32)23(30)22(17-10-4-2-5-11-17)29-24(31)18-12-6-3-7-13-18/h2-15,21-23,30H,16H2,1H3,(H,28,32)(H,29,31)/t21-,22-,23+/m0/s1. The summed E-state index contributed by atoms with van der Waals surface area (Å²) >= 11 is 6.20. The molecule has 0 aliphatic heterocycles. The average molecular weight is 481 g/mol. The molecule has 7 nitrogen and oxygen atoms in total. The summed E-state index contributed by atoms with van der Waals surface area (Å²) in [4.78, 5) is 38.2. The molecule has 3 aromatic rings. The number of aliphatic hydroxyl groups is 1. The van der Waals surface area contributed by atoms with Gasteiger partial charge in [0.2, 0.25) is 0 Å². The molecule has 3 N–H and O–H groups in total. The van der Waals surface area contributed by atoms with Gasteiger partial charge < -0.3 is 20.5 Å². The third kappa shape index (κ3) is 6.43. The lowest BCUT2D eigenvalue weighted by Crippen LogP contribution is -2.51. The maximum atomic E-state index is 13.0. The number of carbonyl (C=O) groups excluding carboxylic acids is 3. The molecule has 0 saturated heterocycles. The van der Waals surface area contributed by atoms with Gasteiger partial charge in [0.05, 0.1) is 13.2 Å². The van der Waals surface area contributed by atoms with E-state index >= 15 is 0 Å². The van der Waals surface area contributed by atoms with Crippen molar-refractivity contribution in [1.29, 1.82) is 0 Å². The molecule has 0 heterocycles. The van der Waals surface area contributed by atoms with Crippen LogP contribution in [0.4, 0.5) is 0 Å². The van der Waals surface area contributed by atoms with Gasteiger partial charge in [-0.05, 0) is 29.3 Å². The molecule has 2 amide bonds. The van der Waals surface area contributed by atoms with Crippen LogP contribution in [0.25, 0.3) is 0 Å². The van der Waals surface area contributed by atoms with Crippen molar-refractivity contribution in [2.45, 2.75) is 24.6 Å². The molecule has 0 saturated carbocycles. The van der Waals surface area contributed by atoms with Crippen LogP contribution < -0.4 is 10.6 Å². The Morgan fingerprint density at radius 2 is 1.47 bits per heavy atom. The second-order valence-corrected chi connectivity index (χ2v) is 7.96. The van der Waals surface area contributed by atoms with E-state index in [1.165, 1.54) is 7.11 Å². The van der Waals surface area contributed by atoms with Crippen molar-refractivity contribution in [3.05, 3.63) is 107 Å². The van der Waals surface area contributed by atoms with E-state index in [0.717, 1.165) is 0 Å². The smallest absolute Gasteiger partial charge is 0.328 e. The Hall–Kier alpha value is -3.68. The van der Waals surface area contributed by atoms with Gasteiger partial charge in [-0.15, -0.1) is 0 Å². The van der Waals surface area contributed by atoms with Crippen molar-refractivity contribution in [3.8, 4) is 0 Å². The summed E-state index contributed by atoms with van der Waals surface area (Å²) in [6.07, 6.45) is -1.62. The zero-order valence-corrected chi connectivity index (χ0v) is 19.2. The number of carbonyl (C=O) groups is 3. The SMILES string of the molecule is COC(=O)[C@H](Cc1ccccc1Cl)NC(=O)[C@H](O)[C@@H](NC(=O)c1ccccc1)c1ccccc1. The molecule has 176 valence electrons. The first-order chi connectivity index (χ1) is 16.4. The number of aliphatic hydroxyl groups excluding tert-OH is 1. The van der Waals surface area contributed by atoms with Gasteiger partial charge in [-0.3, -0.25) is 9.59 Å². The van der Waals surface area contributed by atoms with Crippen LogP contribution >= 0.6 is 11.6 Å². The molecule has 0 spiro atoms. The zero-order chi connectivity index (χ0) is 24.5. The highest BCUT2D eigenvalue weighted by Crippen LogP contribution is 2.20. The normalized spacial score (nSPS) is 13.3. The first-order valence-corrected chi connectivity index (χ1v) is 11.0. The van der Waals surface area contributed by atoms with Gasteiger partial charge in [0.15, 0.2) is 6.10 Å². The number of methoxy groups -OCH3 is 1. The van der Waals surface area contributed by atoms with Crippen molar-refractivity contribution >= 4 is 29.4 Å². The van der Waals surface area contributed by atoms with E-state index < -0.39 is 36.0 Å². The molecule has 3 atom stereocenters. The predicted molar refractivity (Wildman–Crippen MR) is 128 cm³/mol. The third-order valence-corrected chi connectivity index (χ3v) is 5.62. The summed E-state index contributed by atoms with van der Waals surface area (Å²) in [5.74, 6) is -1.99. The van der Waals surface area contributed by atoms with Crippen LogP contribution in [-0.4, -0.2) is 42.1 Å². The lowest BCUT2D eigenvalue weighted by atomic mass is 9.99. The van der Waals surface area contributed by atoms with Gasteiger partial charge in [0.25, 0.3) is 11.8 Å². The van der Waals surface area contributed by atoms with Crippen LogP contribution in [0.3, 0.4) is 0 Å². The third-order valence-electron chi connectivity index (χ3n) is 5.25. The summed E-state index contributed by atoms with van der Waals surface area (Å²) in [7, 11) is 1.21. The van der Waals surface area contributed by atoms with Crippen LogP contribution in [0, 0.1) is 0 Å². The van der Waals surface area contributed by atoms with Crippen molar-refractivity contribution in [2.75, 3.05) is 7.11 Å². The maximum Gasteiger partial charge on any atom is 0.328 e. The average Bonchev–Trinajstić information content (AvgIpc) is 2.88. The number of hydrogen-bond donors (Lipinski definition) is 3. The zero-order valence-electron chi connectivity index (χ0n) is 18.5. The molecule has 8 heteroatoms. The second-order valence-electron chi connectivity index (χ2n) is 7.55. The summed E-state index contributed by atoms with van der Waals surface area (Å²) in [6, 6.07) is 21.8. The van der Waals surface area contributed by atoms with Gasteiger partial charge >= 0.3 is 5.97 Å². The summed E-state index contributed by atoms with van der Waals surface area (Å²) in [6.45, 7) is 0. The number of benzene rings is 3. The minimum atomic E-state index is -1.69. The van der Waals surface area contributed by atoms with Crippen LogP contribution in [0.5, 0.6) is 0 Å². The Morgan fingerprint density at radius 3 is 2.09 bits per heavy atom. The highest BCUT2D eigenvalue weighted by molar-refractivity contribution is 6.31. The van der Waals surface area contributed by atoms with Crippen molar-refractivity contribution in [1.82, 2.24) is 10.6 Å². The summed E-state index contributed by atoms with van der Waals surface area (Å²) in [5.41, 5.74) is 1.53. The first-order valence-electron chi connectivity index (χ1n) is 10.6. The molecular formula is C26H25ClN2O5. The lowest BCUT2D eigenvalue weighted by Gasteiger charge is -2.26. The molecule has 0 fully saturated rings. The summed E-state index contributed by atoms with van der Waals surface area (Å²) < 4.78 is 4.82. The quantitative estimate of drug-likeness (QED) is 0.408. The van der Waals surface area contributed by atoms with E-state index in [4.69, 9.17) is 16.3 Å². The van der Waals surface area contributed by atoms with E-state index in [-0.39, 0.29) is 6.42 Å². The van der Waals surface area contributed by atoms with Crippen LogP contribution in [0.15, 0.2) is 84.9 Å². The van der Waals surface area contributed by atoms with E-state index in [2.05, 4.69) is 10.6 Å². The first kappa shape index (κ1) is 25.0. The number of ether oxygens (including phenoxy) is 1. The Bertz CT molecular complexity index is 1120. The van der Waals surface area contributed by atoms with Crippen LogP contribution in [0.2, 0.25) is 5.02 Å². The minimum absolute atomic E-state index is 0.0667. The highest BCUT2D eigenvalue weighted by atomic mass is 35.5. The molecular weight excluding hydrogens is 456 g/mol. The van der Waals surface area contributed by atoms with Crippen molar-refractivity contribution in [3.63, 3.8) is 0 Å². The second kappa shape index (κ2) is 12.0. The molecule has 0 radical (unpaired) electrons. The van der Waals surface area contributed by atoms with Crippen LogP contribution in [-0.2, 0) is 20.7 Å². The molecule has 0 unspecified atom stereocenters. The monoisotopic (exact) mass is 480 g/mol. The Morgan fingerprint density at radius 1 is 0.882 bits per heavy atom. The molecule has 3 aromatic carbocycles. The fourth-order valence-corrected chi connectivity index (χ4v) is 3.66. The predicted octanol–water partition coefficient (Wildman–Crippen LogP) is 3.07. The van der Waals surface area contributed by atoms with Gasteiger partial charge in [0.1, 0.15) is 6.04 Å². The number of rotatable bonds is 9. The van der Waals surface area contributed by atoms with Crippen LogP contribution in [0.1, 0.15) is 27.5 Å². The largest absolute Gasteiger partial charge is 0.467 e. The minimum Gasteiger partial charge on any atom is -0.467 e. The molecule has 0 aliphatic carbocycles. The lowest BCUT2D eigenvalue weighted by molar-refractivity contribution is -0.146. The fraction of sp³-hybridized carbons (Fsp3) is 0.192. The Labute approximate surface area is 202 Å². The van der Waals surface area contributed by atoms with Crippen molar-refractivity contribution < 1.29 is 24.2 Å².